The summed E-state index contributed by atoms with van der Waals surface area (Å²) in [5.41, 5.74) is -0.730. The second kappa shape index (κ2) is 8.27. The number of hydrogen-bond acceptors (Lipinski definition) is 8. The second-order valence-corrected chi connectivity index (χ2v) is 8.60. The fourth-order valence-corrected chi connectivity index (χ4v) is 4.72. The number of aromatic nitrogens is 1. The van der Waals surface area contributed by atoms with Gasteiger partial charge in [-0.15, -0.1) is 0 Å². The number of fused-ring (bicyclic) bond motifs is 2. The van der Waals surface area contributed by atoms with Crippen LogP contribution in [0.5, 0.6) is 5.75 Å². The first-order valence-electron chi connectivity index (χ1n) is 10.9. The summed E-state index contributed by atoms with van der Waals surface area (Å²) >= 11 is 0. The van der Waals surface area contributed by atoms with Gasteiger partial charge >= 0.3 is 11.6 Å². The largest absolute Gasteiger partial charge is 0.482 e. The van der Waals surface area contributed by atoms with Crippen LogP contribution in [0.2, 0.25) is 0 Å². The summed E-state index contributed by atoms with van der Waals surface area (Å²) < 4.78 is 17.5. The Morgan fingerprint density at radius 2 is 2.00 bits per heavy atom. The molecule has 1 aromatic carbocycles. The van der Waals surface area contributed by atoms with Crippen LogP contribution >= 0.6 is 0 Å². The van der Waals surface area contributed by atoms with Crippen molar-refractivity contribution in [1.29, 1.82) is 5.26 Å². The highest BCUT2D eigenvalue weighted by atomic mass is 16.6. The highest BCUT2D eigenvalue weighted by Crippen LogP contribution is 2.46. The number of rotatable bonds is 3. The Hall–Kier alpha value is -4.25. The van der Waals surface area contributed by atoms with Crippen LogP contribution in [0.15, 0.2) is 64.1 Å². The molecule has 1 aliphatic heterocycles. The van der Waals surface area contributed by atoms with Crippen molar-refractivity contribution in [2.75, 3.05) is 0 Å². The summed E-state index contributed by atoms with van der Waals surface area (Å²) in [5.74, 6) is -1.25. The van der Waals surface area contributed by atoms with Crippen LogP contribution in [-0.4, -0.2) is 28.4 Å². The lowest BCUT2D eigenvalue weighted by molar-refractivity contribution is -0.107. The number of nitrogens with zero attached hydrogens (tertiary/aromatic N) is 2. The highest BCUT2D eigenvalue weighted by molar-refractivity contribution is 6.02. The van der Waals surface area contributed by atoms with Gasteiger partial charge in [0, 0.05) is 24.0 Å². The molecule has 34 heavy (non-hydrogen) atoms. The molecule has 3 heterocycles. The van der Waals surface area contributed by atoms with E-state index in [1.54, 1.807) is 31.5 Å². The second-order valence-electron chi connectivity index (χ2n) is 8.60. The molecule has 8 heteroatoms. The monoisotopic (exact) mass is 456 g/mol. The van der Waals surface area contributed by atoms with E-state index < -0.39 is 29.2 Å². The Kier molecular flexibility index (Phi) is 5.25. The van der Waals surface area contributed by atoms with E-state index in [-0.39, 0.29) is 22.9 Å². The first-order chi connectivity index (χ1) is 16.4. The summed E-state index contributed by atoms with van der Waals surface area (Å²) in [6, 6.07) is 13.1. The number of carbonyl (C=O) groups excluding carboxylic acids is 2. The SMILES string of the molecule is C[C@@]12Oc3cc(-c4cccnc4)oc(=O)c3C(=O)C1CCC[C@H]2OC(=O)c1ccc(C#N)cc1. The molecular formula is C26H20N2O6. The van der Waals surface area contributed by atoms with Crippen LogP contribution in [0.4, 0.5) is 0 Å². The van der Waals surface area contributed by atoms with Gasteiger partial charge < -0.3 is 13.9 Å². The summed E-state index contributed by atoms with van der Waals surface area (Å²) in [6.45, 7) is 1.74. The minimum atomic E-state index is -1.15. The topological polar surface area (TPSA) is 119 Å². The number of hydrogen-bond donors (Lipinski definition) is 0. The predicted molar refractivity (Wildman–Crippen MR) is 119 cm³/mol. The number of pyridine rings is 1. The molecule has 5 rings (SSSR count). The van der Waals surface area contributed by atoms with Gasteiger partial charge in [0.1, 0.15) is 23.2 Å². The van der Waals surface area contributed by atoms with Crippen LogP contribution < -0.4 is 10.4 Å². The molecule has 0 spiro atoms. The maximum Gasteiger partial charge on any atom is 0.351 e. The van der Waals surface area contributed by atoms with Crippen molar-refractivity contribution in [2.45, 2.75) is 37.9 Å². The van der Waals surface area contributed by atoms with Gasteiger partial charge in [0.05, 0.1) is 23.1 Å². The van der Waals surface area contributed by atoms with Crippen molar-refractivity contribution in [2.24, 2.45) is 5.92 Å². The lowest BCUT2D eigenvalue weighted by Gasteiger charge is -2.47. The molecule has 1 saturated carbocycles. The molecule has 3 aromatic rings. The lowest BCUT2D eigenvalue weighted by atomic mass is 9.69. The van der Waals surface area contributed by atoms with E-state index in [2.05, 4.69) is 4.98 Å². The van der Waals surface area contributed by atoms with Crippen LogP contribution in [0, 0.1) is 17.2 Å². The van der Waals surface area contributed by atoms with Gasteiger partial charge in [-0.1, -0.05) is 0 Å². The molecule has 1 unspecified atom stereocenters. The highest BCUT2D eigenvalue weighted by Gasteiger charge is 2.55. The Bertz CT molecular complexity index is 1370. The third-order valence-electron chi connectivity index (χ3n) is 6.54. The molecule has 2 aliphatic rings. The molecule has 0 amide bonds. The lowest BCUT2D eigenvalue weighted by Crippen LogP contribution is -2.60. The minimum Gasteiger partial charge on any atom is -0.482 e. The number of carbonyl (C=O) groups is 2. The zero-order chi connectivity index (χ0) is 23.9. The zero-order valence-corrected chi connectivity index (χ0v) is 18.3. The molecule has 8 nitrogen and oxygen atoms in total. The molecule has 2 aromatic heterocycles. The van der Waals surface area contributed by atoms with Crippen LogP contribution in [-0.2, 0) is 4.74 Å². The summed E-state index contributed by atoms with van der Waals surface area (Å²) in [7, 11) is 0. The van der Waals surface area contributed by atoms with E-state index in [0.29, 0.717) is 36.0 Å². The van der Waals surface area contributed by atoms with E-state index in [9.17, 15) is 14.4 Å². The molecule has 1 aliphatic carbocycles. The Morgan fingerprint density at radius 1 is 1.21 bits per heavy atom. The average Bonchev–Trinajstić information content (AvgIpc) is 2.85. The summed E-state index contributed by atoms with van der Waals surface area (Å²) in [4.78, 5) is 43.0. The molecule has 1 fully saturated rings. The Labute approximate surface area is 194 Å². The molecule has 0 radical (unpaired) electrons. The van der Waals surface area contributed by atoms with Gasteiger partial charge in [-0.3, -0.25) is 9.78 Å². The Morgan fingerprint density at radius 3 is 2.71 bits per heavy atom. The first kappa shape index (κ1) is 21.6. The Balaban J connectivity index is 1.49. The number of ketones is 1. The number of esters is 1. The number of Topliss-reactive ketones (excluding diaryl/α,β-unsaturated/α-hetero) is 1. The third-order valence-corrected chi connectivity index (χ3v) is 6.54. The standard InChI is InChI=1S/C26H20N2O6/c1-26-18(5-2-6-21(26)33-24(30)16-9-7-15(13-27)8-10-16)23(29)22-20(34-26)12-19(32-25(22)31)17-4-3-11-28-14-17/h3-4,7-12,14,18,21H,2,5-6H2,1H3/t18?,21-,26-/m1/s1. The average molecular weight is 456 g/mol. The van der Waals surface area contributed by atoms with E-state index in [0.717, 1.165) is 0 Å². The number of nitriles is 1. The maximum absolute atomic E-state index is 13.4. The van der Waals surface area contributed by atoms with Crippen LogP contribution in [0.3, 0.4) is 0 Å². The summed E-state index contributed by atoms with van der Waals surface area (Å²) in [5, 5.41) is 8.96. The quantitative estimate of drug-likeness (QED) is 0.544. The fraction of sp³-hybridized carbons (Fsp3) is 0.269. The van der Waals surface area contributed by atoms with Crippen LogP contribution in [0.1, 0.15) is 52.5 Å². The normalized spacial score (nSPS) is 23.1. The number of benzene rings is 1. The van der Waals surface area contributed by atoms with Crippen molar-refractivity contribution < 1.29 is 23.5 Å². The van der Waals surface area contributed by atoms with Crippen molar-refractivity contribution in [3.63, 3.8) is 0 Å². The van der Waals surface area contributed by atoms with E-state index in [1.165, 1.54) is 30.3 Å². The van der Waals surface area contributed by atoms with E-state index >= 15 is 0 Å². The van der Waals surface area contributed by atoms with Crippen LogP contribution in [0.25, 0.3) is 11.3 Å². The van der Waals surface area contributed by atoms with Gasteiger partial charge in [0.25, 0.3) is 0 Å². The molecule has 0 bridgehead atoms. The van der Waals surface area contributed by atoms with Gasteiger partial charge in [0.15, 0.2) is 11.4 Å². The maximum atomic E-state index is 13.4. The third kappa shape index (κ3) is 3.55. The van der Waals surface area contributed by atoms with Crippen molar-refractivity contribution in [1.82, 2.24) is 4.98 Å². The number of ether oxygens (including phenoxy) is 2. The van der Waals surface area contributed by atoms with E-state index in [1.807, 2.05) is 6.07 Å². The van der Waals surface area contributed by atoms with Crippen molar-refractivity contribution in [3.05, 3.63) is 82.0 Å². The predicted octanol–water partition coefficient (Wildman–Crippen LogP) is 3.93. The van der Waals surface area contributed by atoms with Crippen molar-refractivity contribution in [3.8, 4) is 23.1 Å². The van der Waals surface area contributed by atoms with E-state index in [4.69, 9.17) is 19.2 Å². The van der Waals surface area contributed by atoms with Gasteiger partial charge in [-0.25, -0.2) is 9.59 Å². The molecule has 0 saturated heterocycles. The van der Waals surface area contributed by atoms with Gasteiger partial charge in [0.2, 0.25) is 0 Å². The minimum absolute atomic E-state index is 0.111. The summed E-state index contributed by atoms with van der Waals surface area (Å²) in [6.07, 6.45) is 4.08. The first-order valence-corrected chi connectivity index (χ1v) is 10.9. The molecular weight excluding hydrogens is 436 g/mol. The van der Waals surface area contributed by atoms with Crippen molar-refractivity contribution >= 4 is 11.8 Å². The van der Waals surface area contributed by atoms with Gasteiger partial charge in [-0.05, 0) is 62.6 Å². The smallest absolute Gasteiger partial charge is 0.351 e. The molecule has 0 N–H and O–H groups in total. The fourth-order valence-electron chi connectivity index (χ4n) is 4.72. The molecule has 3 atom stereocenters. The zero-order valence-electron chi connectivity index (χ0n) is 18.3. The molecule has 170 valence electrons. The van der Waals surface area contributed by atoms with Gasteiger partial charge in [-0.2, -0.15) is 5.26 Å².